The molecule has 0 aliphatic heterocycles. The fraction of sp³-hybridized carbons (Fsp3) is 0.158. The van der Waals surface area contributed by atoms with Crippen molar-refractivity contribution in [3.05, 3.63) is 151 Å². The van der Waals surface area contributed by atoms with Crippen molar-refractivity contribution in [3.63, 3.8) is 0 Å². The van der Waals surface area contributed by atoms with Gasteiger partial charge in [0.2, 0.25) is 0 Å². The minimum Gasteiger partial charge on any atom is -0.489 e. The fourth-order valence-electron chi connectivity index (χ4n) is 5.52. The van der Waals surface area contributed by atoms with Gasteiger partial charge in [0, 0.05) is 54.2 Å². The number of hydrogen-bond acceptors (Lipinski definition) is 5. The van der Waals surface area contributed by atoms with Gasteiger partial charge in [0.15, 0.2) is 5.76 Å². The third-order valence-corrected chi connectivity index (χ3v) is 9.21. The Morgan fingerprint density at radius 3 is 2.02 bits per heavy atom. The Morgan fingerprint density at radius 2 is 1.38 bits per heavy atom. The summed E-state index contributed by atoms with van der Waals surface area (Å²) in [6.45, 7) is 8.85. The topological polar surface area (TPSA) is 82.9 Å². The van der Waals surface area contributed by atoms with Crippen LogP contribution in [0, 0.1) is 27.7 Å². The maximum atomic E-state index is 12.7. The van der Waals surface area contributed by atoms with Gasteiger partial charge in [0.05, 0.1) is 6.21 Å². The number of rotatable bonds is 11. The highest BCUT2D eigenvalue weighted by atomic mass is 79.9. The highest BCUT2D eigenvalue weighted by Gasteiger charge is 2.13. The Kier molecular flexibility index (Phi) is 10.0. The summed E-state index contributed by atoms with van der Waals surface area (Å²) in [4.78, 5) is 12.7. The van der Waals surface area contributed by atoms with Gasteiger partial charge in [-0.05, 0) is 119 Å². The van der Waals surface area contributed by atoms with Crippen LogP contribution in [0.3, 0.4) is 0 Å². The first kappa shape index (κ1) is 33.1. The minimum atomic E-state index is -0.445. The van der Waals surface area contributed by atoms with Gasteiger partial charge in [-0.2, -0.15) is 5.10 Å². The first-order chi connectivity index (χ1) is 23.2. The van der Waals surface area contributed by atoms with Crippen molar-refractivity contribution in [2.45, 2.75) is 40.9 Å². The number of amides is 1. The normalized spacial score (nSPS) is 11.3. The van der Waals surface area contributed by atoms with Crippen molar-refractivity contribution in [3.8, 4) is 22.9 Å². The highest BCUT2D eigenvalue weighted by Crippen LogP contribution is 2.26. The van der Waals surface area contributed by atoms with Gasteiger partial charge in [-0.3, -0.25) is 4.79 Å². The van der Waals surface area contributed by atoms with E-state index in [1.165, 1.54) is 11.4 Å². The summed E-state index contributed by atoms with van der Waals surface area (Å²) in [7, 11) is 0. The number of nitrogens with one attached hydrogen (secondary N) is 1. The lowest BCUT2D eigenvalue weighted by Crippen LogP contribution is -2.16. The van der Waals surface area contributed by atoms with E-state index >= 15 is 0 Å². The molecule has 0 fully saturated rings. The second-order valence-electron chi connectivity index (χ2n) is 11.4. The predicted octanol–water partition coefficient (Wildman–Crippen LogP) is 9.54. The van der Waals surface area contributed by atoms with Gasteiger partial charge in [-0.15, -0.1) is 0 Å². The lowest BCUT2D eigenvalue weighted by molar-refractivity contribution is 0.0923. The molecule has 1 N–H and O–H groups in total. The predicted molar refractivity (Wildman–Crippen MR) is 195 cm³/mol. The maximum Gasteiger partial charge on any atom is 0.307 e. The van der Waals surface area contributed by atoms with Crippen molar-refractivity contribution in [2.75, 3.05) is 0 Å². The highest BCUT2D eigenvalue weighted by molar-refractivity contribution is 9.11. The average molecular weight is 771 g/mol. The summed E-state index contributed by atoms with van der Waals surface area (Å²) in [5.74, 6) is 1.73. The molecule has 3 aromatic heterocycles. The van der Waals surface area contributed by atoms with Crippen LogP contribution in [0.1, 0.15) is 50.2 Å². The summed E-state index contributed by atoms with van der Waals surface area (Å²) in [6.07, 6.45) is 1.64. The van der Waals surface area contributed by atoms with E-state index in [0.29, 0.717) is 18.1 Å². The fourth-order valence-corrected chi connectivity index (χ4v) is 6.68. The average Bonchev–Trinajstić information content (AvgIpc) is 3.77. The first-order valence-electron chi connectivity index (χ1n) is 15.3. The number of furan rings is 1. The van der Waals surface area contributed by atoms with Crippen molar-refractivity contribution < 1.29 is 18.7 Å². The Balaban J connectivity index is 1.02. The monoisotopic (exact) mass is 768 g/mol. The number of carbonyl (C=O) groups is 1. The molecule has 0 saturated heterocycles. The molecule has 10 heteroatoms. The number of aromatic nitrogens is 2. The molecule has 0 saturated carbocycles. The molecule has 0 spiro atoms. The minimum absolute atomic E-state index is 0.153. The van der Waals surface area contributed by atoms with Crippen LogP contribution in [0.2, 0.25) is 0 Å². The molecule has 3 aromatic carbocycles. The third-order valence-electron chi connectivity index (χ3n) is 7.98. The molecule has 0 aliphatic carbocycles. The Morgan fingerprint density at radius 1 is 0.750 bits per heavy atom. The molecule has 0 bridgehead atoms. The van der Waals surface area contributed by atoms with E-state index in [9.17, 15) is 4.79 Å². The summed E-state index contributed by atoms with van der Waals surface area (Å²) < 4.78 is 23.9. The zero-order chi connectivity index (χ0) is 33.8. The van der Waals surface area contributed by atoms with Crippen LogP contribution in [0.15, 0.2) is 116 Å². The van der Waals surface area contributed by atoms with Crippen molar-refractivity contribution >= 4 is 44.0 Å². The Hall–Kier alpha value is -4.80. The van der Waals surface area contributed by atoms with Crippen LogP contribution in [0.25, 0.3) is 11.4 Å². The molecule has 8 nitrogen and oxygen atoms in total. The smallest absolute Gasteiger partial charge is 0.307 e. The molecule has 0 radical (unpaired) electrons. The molecule has 0 unspecified atom stereocenters. The summed E-state index contributed by atoms with van der Waals surface area (Å²) in [5.41, 5.74) is 10.9. The van der Waals surface area contributed by atoms with Gasteiger partial charge in [-0.1, -0.05) is 37.9 Å². The van der Waals surface area contributed by atoms with E-state index in [1.807, 2.05) is 86.6 Å². The largest absolute Gasteiger partial charge is 0.489 e. The molecular formula is C38H34Br2N4O4. The third kappa shape index (κ3) is 7.50. The maximum absolute atomic E-state index is 12.7. The van der Waals surface area contributed by atoms with E-state index < -0.39 is 5.91 Å². The molecule has 6 rings (SSSR count). The van der Waals surface area contributed by atoms with Crippen LogP contribution in [0.5, 0.6) is 11.5 Å². The number of ether oxygens (including phenoxy) is 2. The number of halogens is 2. The Labute approximate surface area is 296 Å². The van der Waals surface area contributed by atoms with Gasteiger partial charge < -0.3 is 23.0 Å². The molecule has 48 heavy (non-hydrogen) atoms. The second-order valence-corrected chi connectivity index (χ2v) is 13.1. The second kappa shape index (κ2) is 14.5. The SMILES string of the molecule is Cc1ccc(C)n1-c1ccc(OCc2ccc(C(=O)N/N=C/c3cc(C)n(-c4ccc(OCc5ccc(Br)cc5Br)cc4)c3C)o2)cc1. The molecule has 3 heterocycles. The Bertz CT molecular complexity index is 2070. The summed E-state index contributed by atoms with van der Waals surface area (Å²) in [6, 6.07) is 31.4. The lowest BCUT2D eigenvalue weighted by atomic mass is 10.2. The molecule has 1 amide bonds. The zero-order valence-corrected chi connectivity index (χ0v) is 30.1. The number of hydrazone groups is 1. The standard InChI is InChI=1S/C38H34Br2N4O4/c1-24-5-6-25(2)43(24)31-9-13-34(14-10-31)47-23-35-17-18-37(48-35)38(45)42-41-21-29-19-26(3)44(27(29)4)32-11-15-33(16-12-32)46-22-28-7-8-30(39)20-36(28)40/h5-21H,22-23H2,1-4H3,(H,42,45)/b41-21+. The molecule has 244 valence electrons. The number of hydrogen-bond donors (Lipinski definition) is 1. The van der Waals surface area contributed by atoms with Crippen molar-refractivity contribution in [1.29, 1.82) is 0 Å². The van der Waals surface area contributed by atoms with Gasteiger partial charge in [0.1, 0.15) is 30.5 Å². The number of nitrogens with zero attached hydrogens (tertiary/aromatic N) is 3. The molecule has 6 aromatic rings. The molecular weight excluding hydrogens is 736 g/mol. The lowest BCUT2D eigenvalue weighted by Gasteiger charge is -2.12. The van der Waals surface area contributed by atoms with E-state index in [1.54, 1.807) is 18.3 Å². The van der Waals surface area contributed by atoms with E-state index in [-0.39, 0.29) is 12.4 Å². The zero-order valence-electron chi connectivity index (χ0n) is 27.0. The quantitative estimate of drug-likeness (QED) is 0.105. The number of benzene rings is 3. The van der Waals surface area contributed by atoms with Crippen LogP contribution in [-0.2, 0) is 13.2 Å². The van der Waals surface area contributed by atoms with E-state index in [4.69, 9.17) is 13.9 Å². The van der Waals surface area contributed by atoms with Crippen LogP contribution >= 0.6 is 31.9 Å². The van der Waals surface area contributed by atoms with Crippen LogP contribution in [-0.4, -0.2) is 21.3 Å². The van der Waals surface area contributed by atoms with Gasteiger partial charge in [-0.25, -0.2) is 5.43 Å². The first-order valence-corrected chi connectivity index (χ1v) is 16.9. The van der Waals surface area contributed by atoms with Crippen LogP contribution < -0.4 is 14.9 Å². The number of carbonyl (C=O) groups excluding carboxylic acids is 1. The summed E-state index contributed by atoms with van der Waals surface area (Å²) in [5, 5.41) is 4.19. The van der Waals surface area contributed by atoms with E-state index in [2.05, 4.69) is 77.5 Å². The van der Waals surface area contributed by atoms with Crippen molar-refractivity contribution in [1.82, 2.24) is 14.6 Å². The van der Waals surface area contributed by atoms with E-state index in [0.717, 1.165) is 48.6 Å². The van der Waals surface area contributed by atoms with Crippen molar-refractivity contribution in [2.24, 2.45) is 5.10 Å². The molecule has 0 atom stereocenters. The van der Waals surface area contributed by atoms with Gasteiger partial charge >= 0.3 is 5.91 Å². The van der Waals surface area contributed by atoms with Gasteiger partial charge in [0.25, 0.3) is 0 Å². The molecule has 0 aliphatic rings. The van der Waals surface area contributed by atoms with Crippen LogP contribution in [0.4, 0.5) is 0 Å². The summed E-state index contributed by atoms with van der Waals surface area (Å²) >= 11 is 7.06. The number of aryl methyl sites for hydroxylation is 3.